The number of hydrogen-bond acceptors (Lipinski definition) is 2. The molecular weight excluding hydrogens is 305 g/mol. The van der Waals surface area contributed by atoms with Gasteiger partial charge in [0.1, 0.15) is 5.75 Å². The van der Waals surface area contributed by atoms with E-state index in [9.17, 15) is 0 Å². The van der Waals surface area contributed by atoms with Crippen LogP contribution >= 0.6 is 23.2 Å². The molecule has 3 rings (SSSR count). The van der Waals surface area contributed by atoms with Gasteiger partial charge >= 0.3 is 0 Å². The van der Waals surface area contributed by atoms with Gasteiger partial charge in [-0.2, -0.15) is 0 Å². The normalized spacial score (nSPS) is 15.2. The van der Waals surface area contributed by atoms with Gasteiger partial charge in [0, 0.05) is 15.6 Å². The molecule has 0 fully saturated rings. The zero-order chi connectivity index (χ0) is 14.8. The van der Waals surface area contributed by atoms with Crippen LogP contribution in [0.5, 0.6) is 5.75 Å². The van der Waals surface area contributed by atoms with Crippen LogP contribution in [0.15, 0.2) is 36.4 Å². The number of halogens is 2. The Morgan fingerprint density at radius 1 is 1.14 bits per heavy atom. The number of para-hydroxylation sites is 1. The lowest BCUT2D eigenvalue weighted by Crippen LogP contribution is -2.21. The highest BCUT2D eigenvalue weighted by molar-refractivity contribution is 6.33. The first-order valence-electron chi connectivity index (χ1n) is 7.07. The third-order valence-corrected chi connectivity index (χ3v) is 4.41. The quantitative estimate of drug-likeness (QED) is 0.890. The van der Waals surface area contributed by atoms with Crippen molar-refractivity contribution in [1.29, 1.82) is 0 Å². The van der Waals surface area contributed by atoms with Gasteiger partial charge in [-0.15, -0.1) is 0 Å². The fourth-order valence-corrected chi connectivity index (χ4v) is 3.26. The average molecular weight is 322 g/mol. The Morgan fingerprint density at radius 3 is 2.81 bits per heavy atom. The van der Waals surface area contributed by atoms with Gasteiger partial charge in [0.2, 0.25) is 0 Å². The highest BCUT2D eigenvalue weighted by Gasteiger charge is 2.23. The molecular formula is C17H17Cl2NO. The van der Waals surface area contributed by atoms with E-state index in [0.717, 1.165) is 36.3 Å². The van der Waals surface area contributed by atoms with E-state index in [2.05, 4.69) is 23.5 Å². The van der Waals surface area contributed by atoms with Crippen molar-refractivity contribution in [2.24, 2.45) is 0 Å². The molecule has 0 saturated heterocycles. The summed E-state index contributed by atoms with van der Waals surface area (Å²) in [6.45, 7) is 0.768. The zero-order valence-corrected chi connectivity index (χ0v) is 13.3. The lowest BCUT2D eigenvalue weighted by molar-refractivity contribution is 0.283. The van der Waals surface area contributed by atoms with Crippen molar-refractivity contribution in [2.75, 3.05) is 13.7 Å². The second-order valence-electron chi connectivity index (χ2n) is 5.18. The summed E-state index contributed by atoms with van der Waals surface area (Å²) in [6.07, 6.45) is 2.13. The highest BCUT2D eigenvalue weighted by Crippen LogP contribution is 2.38. The Kier molecular flexibility index (Phi) is 4.39. The molecule has 1 aliphatic rings. The number of fused-ring (bicyclic) bond motifs is 1. The minimum Gasteiger partial charge on any atom is -0.493 e. The Hall–Kier alpha value is -1.22. The van der Waals surface area contributed by atoms with Gasteiger partial charge in [-0.25, -0.2) is 0 Å². The molecule has 2 aromatic rings. The van der Waals surface area contributed by atoms with Crippen molar-refractivity contribution >= 4 is 23.2 Å². The lowest BCUT2D eigenvalue weighted by Gasteiger charge is -2.26. The summed E-state index contributed by atoms with van der Waals surface area (Å²) in [5.74, 6) is 0.985. The van der Waals surface area contributed by atoms with Crippen LogP contribution in [0.3, 0.4) is 0 Å². The van der Waals surface area contributed by atoms with Crippen LogP contribution in [0.25, 0.3) is 0 Å². The van der Waals surface area contributed by atoms with Crippen LogP contribution in [-0.2, 0) is 6.42 Å². The maximum Gasteiger partial charge on any atom is 0.127 e. The largest absolute Gasteiger partial charge is 0.493 e. The van der Waals surface area contributed by atoms with Crippen molar-refractivity contribution in [2.45, 2.75) is 18.9 Å². The van der Waals surface area contributed by atoms with Gasteiger partial charge < -0.3 is 10.1 Å². The molecule has 0 radical (unpaired) electrons. The van der Waals surface area contributed by atoms with Crippen LogP contribution < -0.4 is 10.1 Å². The molecule has 4 heteroatoms. The molecule has 0 bridgehead atoms. The molecule has 1 heterocycles. The third kappa shape index (κ3) is 2.89. The Balaban J connectivity index is 2.10. The predicted octanol–water partition coefficient (Wildman–Crippen LogP) is 4.63. The van der Waals surface area contributed by atoms with E-state index in [1.807, 2.05) is 19.2 Å². The molecule has 2 aromatic carbocycles. The SMILES string of the molecule is CNC(c1cc(Cl)ccc1Cl)c1cccc2c1OCCC2. The van der Waals surface area contributed by atoms with Crippen LogP contribution in [0.4, 0.5) is 0 Å². The summed E-state index contributed by atoms with van der Waals surface area (Å²) >= 11 is 12.5. The van der Waals surface area contributed by atoms with Crippen LogP contribution in [0, 0.1) is 0 Å². The number of rotatable bonds is 3. The maximum atomic E-state index is 6.36. The first-order chi connectivity index (χ1) is 10.2. The summed E-state index contributed by atoms with van der Waals surface area (Å²) in [4.78, 5) is 0. The van der Waals surface area contributed by atoms with Crippen molar-refractivity contribution < 1.29 is 4.74 Å². The van der Waals surface area contributed by atoms with E-state index >= 15 is 0 Å². The molecule has 0 saturated carbocycles. The summed E-state index contributed by atoms with van der Waals surface area (Å²) in [5, 5.41) is 4.71. The number of hydrogen-bond donors (Lipinski definition) is 1. The van der Waals surface area contributed by atoms with Crippen molar-refractivity contribution in [1.82, 2.24) is 5.32 Å². The summed E-state index contributed by atoms with van der Waals surface area (Å²) < 4.78 is 5.91. The highest BCUT2D eigenvalue weighted by atomic mass is 35.5. The minimum absolute atomic E-state index is 0.0377. The summed E-state index contributed by atoms with van der Waals surface area (Å²) in [5.41, 5.74) is 3.34. The van der Waals surface area contributed by atoms with Crippen LogP contribution in [0.2, 0.25) is 10.0 Å². The molecule has 110 valence electrons. The van der Waals surface area contributed by atoms with E-state index in [0.29, 0.717) is 10.0 Å². The van der Waals surface area contributed by atoms with Crippen molar-refractivity contribution in [3.05, 3.63) is 63.1 Å². The minimum atomic E-state index is -0.0377. The molecule has 1 atom stereocenters. The fraction of sp³-hybridized carbons (Fsp3) is 0.294. The van der Waals surface area contributed by atoms with E-state index < -0.39 is 0 Å². The fourth-order valence-electron chi connectivity index (χ4n) is 2.86. The molecule has 21 heavy (non-hydrogen) atoms. The third-order valence-electron chi connectivity index (χ3n) is 3.83. The molecule has 2 nitrogen and oxygen atoms in total. The second kappa shape index (κ2) is 6.27. The van der Waals surface area contributed by atoms with Gasteiger partial charge in [-0.3, -0.25) is 0 Å². The molecule has 0 aromatic heterocycles. The van der Waals surface area contributed by atoms with E-state index in [1.165, 1.54) is 5.56 Å². The topological polar surface area (TPSA) is 21.3 Å². The van der Waals surface area contributed by atoms with Crippen molar-refractivity contribution in [3.63, 3.8) is 0 Å². The smallest absolute Gasteiger partial charge is 0.127 e. The number of benzene rings is 2. The van der Waals surface area contributed by atoms with E-state index in [1.54, 1.807) is 6.07 Å². The molecule has 0 amide bonds. The summed E-state index contributed by atoms with van der Waals surface area (Å²) in [6, 6.07) is 11.8. The van der Waals surface area contributed by atoms with Gasteiger partial charge in [-0.1, -0.05) is 41.4 Å². The first kappa shape index (κ1) is 14.7. The Morgan fingerprint density at radius 2 is 2.00 bits per heavy atom. The van der Waals surface area contributed by atoms with E-state index in [4.69, 9.17) is 27.9 Å². The zero-order valence-electron chi connectivity index (χ0n) is 11.8. The lowest BCUT2D eigenvalue weighted by atomic mass is 9.93. The number of aryl methyl sites for hydroxylation is 1. The van der Waals surface area contributed by atoms with E-state index in [-0.39, 0.29) is 6.04 Å². The Labute approximate surface area is 135 Å². The predicted molar refractivity (Wildman–Crippen MR) is 87.6 cm³/mol. The second-order valence-corrected chi connectivity index (χ2v) is 6.02. The number of ether oxygens (including phenoxy) is 1. The first-order valence-corrected chi connectivity index (χ1v) is 7.83. The maximum absolute atomic E-state index is 6.36. The van der Waals surface area contributed by atoms with Crippen LogP contribution in [0.1, 0.15) is 29.2 Å². The average Bonchev–Trinajstić information content (AvgIpc) is 2.51. The Bertz CT molecular complexity index is 657. The van der Waals surface area contributed by atoms with Crippen LogP contribution in [-0.4, -0.2) is 13.7 Å². The number of nitrogens with one attached hydrogen (secondary N) is 1. The summed E-state index contributed by atoms with van der Waals surface area (Å²) in [7, 11) is 1.92. The molecule has 1 N–H and O–H groups in total. The molecule has 1 unspecified atom stereocenters. The van der Waals surface area contributed by atoms with Crippen molar-refractivity contribution in [3.8, 4) is 5.75 Å². The molecule has 0 aliphatic carbocycles. The van der Waals surface area contributed by atoms with Gasteiger partial charge in [0.05, 0.1) is 12.6 Å². The molecule has 0 spiro atoms. The van der Waals surface area contributed by atoms with Gasteiger partial charge in [0.15, 0.2) is 0 Å². The van der Waals surface area contributed by atoms with Gasteiger partial charge in [0.25, 0.3) is 0 Å². The molecule has 1 aliphatic heterocycles. The standard InChI is InChI=1S/C17H17Cl2NO/c1-20-16(14-10-12(18)7-8-15(14)19)13-6-2-4-11-5-3-9-21-17(11)13/h2,4,6-8,10,16,20H,3,5,9H2,1H3. The van der Waals surface area contributed by atoms with Gasteiger partial charge in [-0.05, 0) is 49.2 Å². The monoisotopic (exact) mass is 321 g/mol.